The van der Waals surface area contributed by atoms with E-state index >= 15 is 0 Å². The molecule has 1 atom stereocenters. The molecule has 7 nitrogen and oxygen atoms in total. The summed E-state index contributed by atoms with van der Waals surface area (Å²) in [4.78, 5) is 24.0. The van der Waals surface area contributed by atoms with Crippen molar-refractivity contribution in [1.29, 1.82) is 0 Å². The number of carbonyl (C=O) groups is 2. The minimum Gasteiger partial charge on any atom is -0.495 e. The van der Waals surface area contributed by atoms with Gasteiger partial charge in [0.25, 0.3) is 5.91 Å². The van der Waals surface area contributed by atoms with Crippen molar-refractivity contribution < 1.29 is 28.9 Å². The predicted octanol–water partition coefficient (Wildman–Crippen LogP) is 1.85. The Balaban J connectivity index is 1.74. The number of nitrogens with one attached hydrogen (secondary N) is 1. The second kappa shape index (κ2) is 7.41. The first kappa shape index (κ1) is 17.7. The summed E-state index contributed by atoms with van der Waals surface area (Å²) in [5, 5.41) is 12.3. The van der Waals surface area contributed by atoms with Gasteiger partial charge in [-0.15, -0.1) is 0 Å². The molecule has 1 unspecified atom stereocenters. The van der Waals surface area contributed by atoms with Gasteiger partial charge in [-0.2, -0.15) is 0 Å². The topological polar surface area (TPSA) is 94.1 Å². The van der Waals surface area contributed by atoms with Crippen LogP contribution >= 0.6 is 0 Å². The normalized spacial score (nSPS) is 22.4. The molecule has 1 spiro atoms. The standard InChI is InChI=1S/C18H23NO6/c1-23-15-13(3-2-4-14(15)17(21)22)16(20)19-12-5-8-25-18(11-12)6-9-24-10-7-18/h2-4,12H,5-11H2,1H3,(H,19,20)(H,21,22). The van der Waals surface area contributed by atoms with Crippen LogP contribution in [0.2, 0.25) is 0 Å². The van der Waals surface area contributed by atoms with E-state index in [-0.39, 0.29) is 34.4 Å². The van der Waals surface area contributed by atoms with E-state index in [4.69, 9.17) is 14.2 Å². The van der Waals surface area contributed by atoms with E-state index in [0.29, 0.717) is 19.8 Å². The van der Waals surface area contributed by atoms with Crippen LogP contribution < -0.4 is 10.1 Å². The number of carbonyl (C=O) groups excluding carboxylic acids is 1. The molecule has 2 aliphatic heterocycles. The zero-order valence-corrected chi connectivity index (χ0v) is 14.2. The first-order chi connectivity index (χ1) is 12.0. The van der Waals surface area contributed by atoms with Crippen molar-refractivity contribution in [3.8, 4) is 5.75 Å². The lowest BCUT2D eigenvalue weighted by Gasteiger charge is -2.43. The van der Waals surface area contributed by atoms with Crippen molar-refractivity contribution in [3.63, 3.8) is 0 Å². The minimum absolute atomic E-state index is 0.0162. The summed E-state index contributed by atoms with van der Waals surface area (Å²) in [5.41, 5.74) is -0.0144. The molecule has 1 aromatic rings. The molecule has 25 heavy (non-hydrogen) atoms. The maximum absolute atomic E-state index is 12.7. The van der Waals surface area contributed by atoms with E-state index < -0.39 is 5.97 Å². The van der Waals surface area contributed by atoms with E-state index in [0.717, 1.165) is 25.7 Å². The second-order valence-electron chi connectivity index (χ2n) is 6.50. The fourth-order valence-corrected chi connectivity index (χ4v) is 3.61. The number of aromatic carboxylic acids is 1. The summed E-state index contributed by atoms with van der Waals surface area (Å²) < 4.78 is 16.6. The summed E-state index contributed by atoms with van der Waals surface area (Å²) in [5.74, 6) is -1.37. The molecule has 7 heteroatoms. The van der Waals surface area contributed by atoms with Gasteiger partial charge < -0.3 is 24.6 Å². The van der Waals surface area contributed by atoms with E-state index in [1.165, 1.54) is 13.2 Å². The van der Waals surface area contributed by atoms with Crippen LogP contribution in [0.25, 0.3) is 0 Å². The largest absolute Gasteiger partial charge is 0.495 e. The van der Waals surface area contributed by atoms with Crippen molar-refractivity contribution in [3.05, 3.63) is 29.3 Å². The molecule has 0 bridgehead atoms. The SMILES string of the molecule is COc1c(C(=O)O)cccc1C(=O)NC1CCOC2(CCOCC2)C1. The Bertz CT molecular complexity index is 647. The first-order valence-electron chi connectivity index (χ1n) is 8.47. The molecule has 0 aromatic heterocycles. The van der Waals surface area contributed by atoms with E-state index in [1.807, 2.05) is 0 Å². The lowest BCUT2D eigenvalue weighted by molar-refractivity contribution is -0.139. The second-order valence-corrected chi connectivity index (χ2v) is 6.50. The summed E-state index contributed by atoms with van der Waals surface area (Å²) in [6.07, 6.45) is 3.13. The molecule has 136 valence electrons. The Hall–Kier alpha value is -2.12. The number of para-hydroxylation sites is 1. The van der Waals surface area contributed by atoms with Crippen LogP contribution in [0.4, 0.5) is 0 Å². The van der Waals surface area contributed by atoms with Crippen LogP contribution in [-0.2, 0) is 9.47 Å². The first-order valence-corrected chi connectivity index (χ1v) is 8.47. The summed E-state index contributed by atoms with van der Waals surface area (Å²) in [6, 6.07) is 4.52. The Morgan fingerprint density at radius 1 is 1.24 bits per heavy atom. The lowest BCUT2D eigenvalue weighted by atomic mass is 9.84. The number of rotatable bonds is 4. The molecule has 0 aliphatic carbocycles. The maximum Gasteiger partial charge on any atom is 0.339 e. The third-order valence-corrected chi connectivity index (χ3v) is 4.93. The van der Waals surface area contributed by atoms with Crippen molar-refractivity contribution in [2.24, 2.45) is 0 Å². The average Bonchev–Trinajstić information content (AvgIpc) is 2.61. The van der Waals surface area contributed by atoms with Gasteiger partial charge in [-0.25, -0.2) is 4.79 Å². The van der Waals surface area contributed by atoms with E-state index in [1.54, 1.807) is 12.1 Å². The van der Waals surface area contributed by atoms with Crippen molar-refractivity contribution in [2.75, 3.05) is 26.9 Å². The van der Waals surface area contributed by atoms with Gasteiger partial charge in [0, 0.05) is 25.9 Å². The molecule has 0 saturated carbocycles. The van der Waals surface area contributed by atoms with Crippen LogP contribution in [0.15, 0.2) is 18.2 Å². The number of hydrogen-bond acceptors (Lipinski definition) is 5. The van der Waals surface area contributed by atoms with Gasteiger partial charge >= 0.3 is 5.97 Å². The fourth-order valence-electron chi connectivity index (χ4n) is 3.61. The molecular weight excluding hydrogens is 326 g/mol. The monoisotopic (exact) mass is 349 g/mol. The molecule has 2 saturated heterocycles. The number of hydrogen-bond donors (Lipinski definition) is 2. The van der Waals surface area contributed by atoms with Gasteiger partial charge in [-0.3, -0.25) is 4.79 Å². The van der Waals surface area contributed by atoms with Crippen LogP contribution in [0, 0.1) is 0 Å². The average molecular weight is 349 g/mol. The highest BCUT2D eigenvalue weighted by Crippen LogP contribution is 2.34. The minimum atomic E-state index is -1.13. The third-order valence-electron chi connectivity index (χ3n) is 4.93. The molecule has 0 radical (unpaired) electrons. The summed E-state index contributed by atoms with van der Waals surface area (Å²) >= 11 is 0. The zero-order valence-electron chi connectivity index (χ0n) is 14.2. The molecule has 1 aromatic carbocycles. The zero-order chi connectivity index (χ0) is 17.9. The Kier molecular flexibility index (Phi) is 5.24. The number of amides is 1. The number of carboxylic acids is 1. The summed E-state index contributed by atoms with van der Waals surface area (Å²) in [7, 11) is 1.37. The molecule has 2 fully saturated rings. The lowest BCUT2D eigenvalue weighted by Crippen LogP contribution is -2.51. The van der Waals surface area contributed by atoms with Crippen LogP contribution in [0.5, 0.6) is 5.75 Å². The Morgan fingerprint density at radius 3 is 2.64 bits per heavy atom. The van der Waals surface area contributed by atoms with Crippen molar-refractivity contribution in [2.45, 2.75) is 37.3 Å². The van der Waals surface area contributed by atoms with E-state index in [9.17, 15) is 14.7 Å². The van der Waals surface area contributed by atoms with Crippen LogP contribution in [0.1, 0.15) is 46.4 Å². The predicted molar refractivity (Wildman–Crippen MR) is 89.2 cm³/mol. The quantitative estimate of drug-likeness (QED) is 0.862. The van der Waals surface area contributed by atoms with E-state index in [2.05, 4.69) is 5.32 Å². The number of methoxy groups -OCH3 is 1. The number of benzene rings is 1. The van der Waals surface area contributed by atoms with Gasteiger partial charge in [-0.1, -0.05) is 6.07 Å². The fraction of sp³-hybridized carbons (Fsp3) is 0.556. The Morgan fingerprint density at radius 2 is 1.96 bits per heavy atom. The van der Waals surface area contributed by atoms with Crippen molar-refractivity contribution >= 4 is 11.9 Å². The highest BCUT2D eigenvalue weighted by Gasteiger charge is 2.39. The number of ether oxygens (including phenoxy) is 3. The van der Waals surface area contributed by atoms with Gasteiger partial charge in [0.15, 0.2) is 0 Å². The highest BCUT2D eigenvalue weighted by atomic mass is 16.5. The number of carboxylic acid groups (broad SMARTS) is 1. The highest BCUT2D eigenvalue weighted by molar-refractivity contribution is 6.02. The van der Waals surface area contributed by atoms with Gasteiger partial charge in [-0.05, 0) is 37.8 Å². The molecule has 1 amide bonds. The molecule has 2 heterocycles. The molecule has 2 N–H and O–H groups in total. The van der Waals surface area contributed by atoms with Gasteiger partial charge in [0.05, 0.1) is 18.3 Å². The maximum atomic E-state index is 12.7. The molecule has 2 aliphatic rings. The van der Waals surface area contributed by atoms with Gasteiger partial charge in [0.2, 0.25) is 0 Å². The van der Waals surface area contributed by atoms with Crippen molar-refractivity contribution in [1.82, 2.24) is 5.32 Å². The van der Waals surface area contributed by atoms with Crippen LogP contribution in [-0.4, -0.2) is 55.6 Å². The Labute approximate surface area is 146 Å². The smallest absolute Gasteiger partial charge is 0.339 e. The van der Waals surface area contributed by atoms with Crippen LogP contribution in [0.3, 0.4) is 0 Å². The molecular formula is C18H23NO6. The van der Waals surface area contributed by atoms with Gasteiger partial charge in [0.1, 0.15) is 11.3 Å². The third kappa shape index (κ3) is 3.77. The summed E-state index contributed by atoms with van der Waals surface area (Å²) in [6.45, 7) is 1.95. The molecule has 3 rings (SSSR count).